The first kappa shape index (κ1) is 12.4. The first-order chi connectivity index (χ1) is 7.44. The highest BCUT2D eigenvalue weighted by Gasteiger charge is 2.39. The molecule has 0 amide bonds. The summed E-state index contributed by atoms with van der Waals surface area (Å²) in [4.78, 5) is 2.53. The van der Waals surface area contributed by atoms with E-state index < -0.39 is 0 Å². The van der Waals surface area contributed by atoms with Crippen LogP contribution < -0.4 is 0 Å². The smallest absolute Gasteiger partial charge is 0.000996 e. The standard InChI is InChI=1S/C15H29N/c1-15(2,3)7-5-6-12-8-13-10-16(4)11-14(13)9-12/h12-14H,5-11H2,1-4H3. The second kappa shape index (κ2) is 4.68. The summed E-state index contributed by atoms with van der Waals surface area (Å²) in [7, 11) is 2.28. The highest BCUT2D eigenvalue weighted by Crippen LogP contribution is 2.43. The molecule has 1 nitrogen and oxygen atoms in total. The van der Waals surface area contributed by atoms with Crippen molar-refractivity contribution in [3.8, 4) is 0 Å². The molecule has 0 N–H and O–H groups in total. The molecule has 1 saturated heterocycles. The van der Waals surface area contributed by atoms with E-state index in [1.54, 1.807) is 0 Å². The number of hydrogen-bond acceptors (Lipinski definition) is 1. The van der Waals surface area contributed by atoms with Crippen molar-refractivity contribution < 1.29 is 0 Å². The van der Waals surface area contributed by atoms with Crippen LogP contribution in [0.1, 0.15) is 52.9 Å². The highest BCUT2D eigenvalue weighted by molar-refractivity contribution is 4.91. The van der Waals surface area contributed by atoms with Gasteiger partial charge in [0.15, 0.2) is 0 Å². The van der Waals surface area contributed by atoms with Crippen molar-refractivity contribution in [3.05, 3.63) is 0 Å². The van der Waals surface area contributed by atoms with Crippen molar-refractivity contribution in [2.45, 2.75) is 52.9 Å². The molecular weight excluding hydrogens is 194 g/mol. The number of rotatable bonds is 3. The zero-order valence-corrected chi connectivity index (χ0v) is 11.6. The SMILES string of the molecule is CN1CC2CC(CCCC(C)(C)C)CC2C1. The monoisotopic (exact) mass is 223 g/mol. The van der Waals surface area contributed by atoms with Gasteiger partial charge in [-0.05, 0) is 49.5 Å². The van der Waals surface area contributed by atoms with Crippen LogP contribution >= 0.6 is 0 Å². The van der Waals surface area contributed by atoms with Crippen LogP contribution in [-0.2, 0) is 0 Å². The van der Waals surface area contributed by atoms with E-state index in [1.165, 1.54) is 45.2 Å². The summed E-state index contributed by atoms with van der Waals surface area (Å²) in [5, 5.41) is 0. The van der Waals surface area contributed by atoms with E-state index in [1.807, 2.05) is 0 Å². The molecule has 1 heteroatoms. The second-order valence-corrected chi connectivity index (χ2v) is 7.53. The number of likely N-dealkylation sites (tertiary alicyclic amines) is 1. The summed E-state index contributed by atoms with van der Waals surface area (Å²) in [6.45, 7) is 9.85. The molecule has 0 aromatic carbocycles. The minimum atomic E-state index is 0.536. The molecule has 1 saturated carbocycles. The first-order valence-corrected chi connectivity index (χ1v) is 7.12. The molecule has 16 heavy (non-hydrogen) atoms. The van der Waals surface area contributed by atoms with Gasteiger partial charge in [-0.2, -0.15) is 0 Å². The van der Waals surface area contributed by atoms with E-state index in [4.69, 9.17) is 0 Å². The molecule has 0 radical (unpaired) electrons. The Morgan fingerprint density at radius 3 is 2.12 bits per heavy atom. The van der Waals surface area contributed by atoms with Crippen LogP contribution in [0.25, 0.3) is 0 Å². The van der Waals surface area contributed by atoms with Gasteiger partial charge in [0.2, 0.25) is 0 Å². The van der Waals surface area contributed by atoms with E-state index in [0.29, 0.717) is 5.41 Å². The highest BCUT2D eigenvalue weighted by atomic mass is 15.1. The van der Waals surface area contributed by atoms with Crippen LogP contribution in [-0.4, -0.2) is 25.0 Å². The van der Waals surface area contributed by atoms with Crippen LogP contribution in [0.15, 0.2) is 0 Å². The lowest BCUT2D eigenvalue weighted by Crippen LogP contribution is -2.16. The van der Waals surface area contributed by atoms with Crippen LogP contribution in [0, 0.1) is 23.2 Å². The van der Waals surface area contributed by atoms with Gasteiger partial charge in [-0.1, -0.05) is 33.6 Å². The number of fused-ring (bicyclic) bond motifs is 1. The molecule has 0 aromatic rings. The minimum Gasteiger partial charge on any atom is -0.306 e. The summed E-state index contributed by atoms with van der Waals surface area (Å²) in [5.41, 5.74) is 0.536. The molecule has 1 aliphatic carbocycles. The third kappa shape index (κ3) is 3.23. The Kier molecular flexibility index (Phi) is 3.63. The summed E-state index contributed by atoms with van der Waals surface area (Å²) < 4.78 is 0. The average Bonchev–Trinajstić information content (AvgIpc) is 2.58. The molecule has 2 aliphatic rings. The molecular formula is C15H29N. The van der Waals surface area contributed by atoms with Gasteiger partial charge in [-0.25, -0.2) is 0 Å². The number of nitrogens with zero attached hydrogens (tertiary/aromatic N) is 1. The van der Waals surface area contributed by atoms with E-state index >= 15 is 0 Å². The van der Waals surface area contributed by atoms with Crippen molar-refractivity contribution in [2.24, 2.45) is 23.2 Å². The van der Waals surface area contributed by atoms with Crippen LogP contribution in [0.2, 0.25) is 0 Å². The van der Waals surface area contributed by atoms with E-state index in [2.05, 4.69) is 32.7 Å². The Balaban J connectivity index is 1.67. The molecule has 2 fully saturated rings. The van der Waals surface area contributed by atoms with Gasteiger partial charge in [0, 0.05) is 13.1 Å². The largest absolute Gasteiger partial charge is 0.306 e. The molecule has 2 rings (SSSR count). The third-order valence-electron chi connectivity index (χ3n) is 4.57. The predicted molar refractivity (Wildman–Crippen MR) is 70.5 cm³/mol. The van der Waals surface area contributed by atoms with Crippen LogP contribution in [0.4, 0.5) is 0 Å². The normalized spacial score (nSPS) is 35.6. The Bertz CT molecular complexity index is 214. The maximum absolute atomic E-state index is 2.53. The zero-order chi connectivity index (χ0) is 11.8. The second-order valence-electron chi connectivity index (χ2n) is 7.53. The zero-order valence-electron chi connectivity index (χ0n) is 11.6. The van der Waals surface area contributed by atoms with Crippen molar-refractivity contribution in [1.29, 1.82) is 0 Å². The van der Waals surface area contributed by atoms with Crippen molar-refractivity contribution in [1.82, 2.24) is 4.90 Å². The van der Waals surface area contributed by atoms with Crippen molar-refractivity contribution >= 4 is 0 Å². The van der Waals surface area contributed by atoms with Crippen LogP contribution in [0.5, 0.6) is 0 Å². The Morgan fingerprint density at radius 1 is 1.06 bits per heavy atom. The van der Waals surface area contributed by atoms with Gasteiger partial charge < -0.3 is 4.90 Å². The topological polar surface area (TPSA) is 3.24 Å². The lowest BCUT2D eigenvalue weighted by Gasteiger charge is -2.20. The van der Waals surface area contributed by atoms with Gasteiger partial charge in [0.25, 0.3) is 0 Å². The van der Waals surface area contributed by atoms with Gasteiger partial charge in [-0.3, -0.25) is 0 Å². The maximum Gasteiger partial charge on any atom is 0.000996 e. The Hall–Kier alpha value is -0.0400. The van der Waals surface area contributed by atoms with Crippen molar-refractivity contribution in [2.75, 3.05) is 20.1 Å². The maximum atomic E-state index is 2.53. The van der Waals surface area contributed by atoms with E-state index in [9.17, 15) is 0 Å². The average molecular weight is 223 g/mol. The summed E-state index contributed by atoms with van der Waals surface area (Å²) in [5.74, 6) is 3.15. The molecule has 1 heterocycles. The summed E-state index contributed by atoms with van der Waals surface area (Å²) >= 11 is 0. The molecule has 0 aromatic heterocycles. The van der Waals surface area contributed by atoms with Crippen molar-refractivity contribution in [3.63, 3.8) is 0 Å². The minimum absolute atomic E-state index is 0.536. The van der Waals surface area contributed by atoms with Gasteiger partial charge in [0.05, 0.1) is 0 Å². The molecule has 2 unspecified atom stereocenters. The molecule has 0 bridgehead atoms. The van der Waals surface area contributed by atoms with E-state index in [0.717, 1.165) is 17.8 Å². The number of hydrogen-bond donors (Lipinski definition) is 0. The van der Waals surface area contributed by atoms with E-state index in [-0.39, 0.29) is 0 Å². The fourth-order valence-corrected chi connectivity index (χ4v) is 3.82. The lowest BCUT2D eigenvalue weighted by molar-refractivity contribution is 0.315. The first-order valence-electron chi connectivity index (χ1n) is 7.12. The Morgan fingerprint density at radius 2 is 1.62 bits per heavy atom. The predicted octanol–water partition coefficient (Wildman–Crippen LogP) is 3.79. The lowest BCUT2D eigenvalue weighted by atomic mass is 9.87. The third-order valence-corrected chi connectivity index (χ3v) is 4.57. The van der Waals surface area contributed by atoms with Gasteiger partial charge in [-0.15, -0.1) is 0 Å². The molecule has 0 spiro atoms. The fourth-order valence-electron chi connectivity index (χ4n) is 3.82. The molecule has 2 atom stereocenters. The quantitative estimate of drug-likeness (QED) is 0.703. The summed E-state index contributed by atoms with van der Waals surface area (Å²) in [6.07, 6.45) is 7.40. The van der Waals surface area contributed by atoms with Crippen LogP contribution in [0.3, 0.4) is 0 Å². The molecule has 1 aliphatic heterocycles. The van der Waals surface area contributed by atoms with Gasteiger partial charge >= 0.3 is 0 Å². The fraction of sp³-hybridized carbons (Fsp3) is 1.00. The van der Waals surface area contributed by atoms with Gasteiger partial charge in [0.1, 0.15) is 0 Å². The summed E-state index contributed by atoms with van der Waals surface area (Å²) in [6, 6.07) is 0. The molecule has 94 valence electrons. The Labute approximate surface area is 102 Å².